The number of carbonyl (C=O) groups is 4. The molecule has 1 aliphatic carbocycles. The van der Waals surface area contributed by atoms with Crippen LogP contribution in [0.3, 0.4) is 0 Å². The van der Waals surface area contributed by atoms with Crippen molar-refractivity contribution in [3.8, 4) is 27.8 Å². The van der Waals surface area contributed by atoms with Gasteiger partial charge < -0.3 is 23.7 Å². The zero-order chi connectivity index (χ0) is 32.4. The number of hydrogen-bond donors (Lipinski definition) is 0. The maximum absolute atomic E-state index is 12.6. The molecule has 5 rings (SSSR count). The Morgan fingerprint density at radius 2 is 1.60 bits per heavy atom. The van der Waals surface area contributed by atoms with Crippen molar-refractivity contribution in [2.75, 3.05) is 6.61 Å². The van der Waals surface area contributed by atoms with Gasteiger partial charge in [-0.3, -0.25) is 23.7 Å². The molecule has 0 unspecified atom stereocenters. The Morgan fingerprint density at radius 1 is 0.933 bits per heavy atom. The lowest BCUT2D eigenvalue weighted by Gasteiger charge is -2.45. The van der Waals surface area contributed by atoms with Gasteiger partial charge in [0.15, 0.2) is 24.5 Å². The van der Waals surface area contributed by atoms with Gasteiger partial charge in [-0.2, -0.15) is 5.26 Å². The van der Waals surface area contributed by atoms with Crippen LogP contribution in [0.4, 0.5) is 0 Å². The maximum atomic E-state index is 12.6. The van der Waals surface area contributed by atoms with E-state index < -0.39 is 54.5 Å². The number of nitrogens with zero attached hydrogens (tertiary/aromatic N) is 2. The molecule has 1 aromatic carbocycles. The van der Waals surface area contributed by atoms with E-state index in [-0.39, 0.29) is 16.8 Å². The van der Waals surface area contributed by atoms with Gasteiger partial charge in [-0.05, 0) is 41.0 Å². The van der Waals surface area contributed by atoms with Crippen LogP contribution >= 0.6 is 23.6 Å². The molecule has 1 fully saturated rings. The monoisotopic (exact) mass is 650 g/mol. The maximum Gasteiger partial charge on any atom is 0.303 e. The summed E-state index contributed by atoms with van der Waals surface area (Å²) in [6.45, 7) is 4.31. The second-order valence-electron chi connectivity index (χ2n) is 10.6. The van der Waals surface area contributed by atoms with E-state index >= 15 is 0 Å². The standard InChI is InChI=1S/C32H30N2O9S2/c1-16(35)39-15-24-28(40-17(2)36)29(41-18(3)37)30(42-19(4)38)31(43-24)34-27(25-10-7-13-45-25)22-12-11-20-8-5-6-9-21(20)26(22)23(14-33)32(34)44/h5-10,13,24,28-31H,11-12,15H2,1-4H3/t24-,28+,29+,30-,31-/m1/s1. The third-order valence-electron chi connectivity index (χ3n) is 7.53. The first-order valence-electron chi connectivity index (χ1n) is 14.2. The van der Waals surface area contributed by atoms with Crippen LogP contribution in [-0.4, -0.2) is 59.5 Å². The molecule has 3 aromatic rings. The molecule has 0 spiro atoms. The number of benzene rings is 1. The van der Waals surface area contributed by atoms with Gasteiger partial charge in [0.2, 0.25) is 0 Å². The highest BCUT2D eigenvalue weighted by atomic mass is 32.1. The first kappa shape index (κ1) is 32.0. The summed E-state index contributed by atoms with van der Waals surface area (Å²) in [6.07, 6.45) is -5.34. The number of aromatic nitrogens is 1. The first-order chi connectivity index (χ1) is 21.5. The van der Waals surface area contributed by atoms with E-state index in [0.717, 1.165) is 41.0 Å². The molecule has 1 saturated heterocycles. The van der Waals surface area contributed by atoms with E-state index in [9.17, 15) is 24.4 Å². The Labute approximate surface area is 268 Å². The van der Waals surface area contributed by atoms with Crippen LogP contribution in [0.1, 0.15) is 50.6 Å². The summed E-state index contributed by atoms with van der Waals surface area (Å²) in [7, 11) is 0. The molecule has 13 heteroatoms. The van der Waals surface area contributed by atoms with Crippen LogP contribution in [0.5, 0.6) is 0 Å². The number of thiophene rings is 1. The number of hydrogen-bond acceptors (Lipinski definition) is 12. The molecule has 0 amide bonds. The van der Waals surface area contributed by atoms with Crippen molar-refractivity contribution in [1.29, 1.82) is 5.26 Å². The molecule has 234 valence electrons. The number of aryl methyl sites for hydroxylation is 1. The van der Waals surface area contributed by atoms with Gasteiger partial charge in [-0.15, -0.1) is 11.3 Å². The van der Waals surface area contributed by atoms with Gasteiger partial charge in [0, 0.05) is 33.3 Å². The zero-order valence-electron chi connectivity index (χ0n) is 24.9. The van der Waals surface area contributed by atoms with Gasteiger partial charge in [-0.25, -0.2) is 0 Å². The van der Waals surface area contributed by atoms with Crippen molar-refractivity contribution in [1.82, 2.24) is 4.57 Å². The summed E-state index contributed by atoms with van der Waals surface area (Å²) >= 11 is 7.47. The molecule has 5 atom stereocenters. The number of rotatable bonds is 7. The first-order valence-corrected chi connectivity index (χ1v) is 15.4. The molecule has 0 saturated carbocycles. The topological polar surface area (TPSA) is 143 Å². The number of pyridine rings is 1. The summed E-state index contributed by atoms with van der Waals surface area (Å²) < 4.78 is 30.5. The van der Waals surface area contributed by atoms with E-state index in [0.29, 0.717) is 18.5 Å². The third-order valence-corrected chi connectivity index (χ3v) is 8.81. The Balaban J connectivity index is 1.82. The molecule has 0 bridgehead atoms. The lowest BCUT2D eigenvalue weighted by atomic mass is 9.82. The number of nitriles is 1. The normalized spacial score (nSPS) is 21.8. The number of ether oxygens (including phenoxy) is 5. The Kier molecular flexibility index (Phi) is 9.48. The fraction of sp³-hybridized carbons (Fsp3) is 0.375. The van der Waals surface area contributed by atoms with E-state index in [1.807, 2.05) is 41.8 Å². The third kappa shape index (κ3) is 6.40. The average Bonchev–Trinajstić information content (AvgIpc) is 3.52. The molecule has 2 aliphatic rings. The van der Waals surface area contributed by atoms with Crippen LogP contribution in [0.25, 0.3) is 21.7 Å². The molecule has 1 aliphatic heterocycles. The van der Waals surface area contributed by atoms with Crippen molar-refractivity contribution in [2.45, 2.75) is 71.2 Å². The highest BCUT2D eigenvalue weighted by Crippen LogP contribution is 2.46. The van der Waals surface area contributed by atoms with Crippen LogP contribution in [-0.2, 0) is 55.7 Å². The summed E-state index contributed by atoms with van der Waals surface area (Å²) in [5.41, 5.74) is 4.40. The summed E-state index contributed by atoms with van der Waals surface area (Å²) in [5, 5.41) is 12.4. The van der Waals surface area contributed by atoms with E-state index in [4.69, 9.17) is 35.9 Å². The fourth-order valence-electron chi connectivity index (χ4n) is 5.97. The number of esters is 4. The SMILES string of the molecule is CC(=O)OC[C@H]1O[C@@H](n2c(-c3cccs3)c3c(c(C#N)c2=S)-c2ccccc2CC3)[C@H](OC(C)=O)[C@@H](OC(C)=O)[C@H]1OC(C)=O. The molecule has 2 aromatic heterocycles. The molecule has 0 radical (unpaired) electrons. The Morgan fingerprint density at radius 3 is 2.22 bits per heavy atom. The quantitative estimate of drug-likeness (QED) is 0.197. The predicted molar refractivity (Wildman–Crippen MR) is 163 cm³/mol. The minimum absolute atomic E-state index is 0.0947. The molecule has 11 nitrogen and oxygen atoms in total. The van der Waals surface area contributed by atoms with Crippen LogP contribution in [0.2, 0.25) is 0 Å². The Bertz CT molecular complexity index is 1760. The fourth-order valence-corrected chi connectivity index (χ4v) is 7.10. The summed E-state index contributed by atoms with van der Waals surface area (Å²) in [5.74, 6) is -2.84. The van der Waals surface area contributed by atoms with Gasteiger partial charge in [0.1, 0.15) is 23.4 Å². The van der Waals surface area contributed by atoms with Crippen molar-refractivity contribution in [2.24, 2.45) is 0 Å². The lowest BCUT2D eigenvalue weighted by molar-refractivity contribution is -0.268. The van der Waals surface area contributed by atoms with E-state index in [1.54, 1.807) is 4.57 Å². The molecular weight excluding hydrogens is 620 g/mol. The number of carbonyl (C=O) groups excluding carboxylic acids is 4. The Hall–Kier alpha value is -4.38. The molecular formula is C32H30N2O9S2. The van der Waals surface area contributed by atoms with Crippen molar-refractivity contribution >= 4 is 47.4 Å². The van der Waals surface area contributed by atoms with Gasteiger partial charge in [0.05, 0.1) is 16.1 Å². The molecule has 3 heterocycles. The van der Waals surface area contributed by atoms with Crippen molar-refractivity contribution in [3.63, 3.8) is 0 Å². The highest BCUT2D eigenvalue weighted by Gasteiger charge is 2.53. The zero-order valence-corrected chi connectivity index (χ0v) is 26.6. The smallest absolute Gasteiger partial charge is 0.303 e. The predicted octanol–water partition coefficient (Wildman–Crippen LogP) is 4.84. The van der Waals surface area contributed by atoms with Crippen LogP contribution < -0.4 is 0 Å². The van der Waals surface area contributed by atoms with E-state index in [2.05, 4.69) is 6.07 Å². The second kappa shape index (κ2) is 13.3. The minimum Gasteiger partial charge on any atom is -0.463 e. The largest absolute Gasteiger partial charge is 0.463 e. The van der Waals surface area contributed by atoms with E-state index in [1.165, 1.54) is 25.2 Å². The molecule has 45 heavy (non-hydrogen) atoms. The van der Waals surface area contributed by atoms with Gasteiger partial charge in [-0.1, -0.05) is 42.5 Å². The summed E-state index contributed by atoms with van der Waals surface area (Å²) in [4.78, 5) is 49.9. The second-order valence-corrected chi connectivity index (χ2v) is 11.9. The van der Waals surface area contributed by atoms with Crippen molar-refractivity contribution in [3.05, 3.63) is 63.1 Å². The average molecular weight is 651 g/mol. The van der Waals surface area contributed by atoms with Gasteiger partial charge >= 0.3 is 23.9 Å². The van der Waals surface area contributed by atoms with Crippen molar-refractivity contribution < 1.29 is 42.9 Å². The highest BCUT2D eigenvalue weighted by molar-refractivity contribution is 7.71. The summed E-state index contributed by atoms with van der Waals surface area (Å²) in [6, 6.07) is 13.9. The number of fused-ring (bicyclic) bond motifs is 3. The minimum atomic E-state index is -1.39. The molecule has 0 N–H and O–H groups in total. The van der Waals surface area contributed by atoms with Gasteiger partial charge in [0.25, 0.3) is 0 Å². The lowest BCUT2D eigenvalue weighted by Crippen LogP contribution is -2.60. The van der Waals surface area contributed by atoms with Crippen LogP contribution in [0, 0.1) is 16.0 Å². The van der Waals surface area contributed by atoms with Crippen LogP contribution in [0.15, 0.2) is 41.8 Å².